The summed E-state index contributed by atoms with van der Waals surface area (Å²) in [5.74, 6) is -0.731. The van der Waals surface area contributed by atoms with Gasteiger partial charge >= 0.3 is 0 Å². The fourth-order valence-electron chi connectivity index (χ4n) is 2.44. The first kappa shape index (κ1) is 13.9. The van der Waals surface area contributed by atoms with Gasteiger partial charge in [0, 0.05) is 37.7 Å². The van der Waals surface area contributed by atoms with Crippen LogP contribution in [0.15, 0.2) is 18.2 Å². The molecule has 1 aromatic rings. The minimum atomic E-state index is -0.444. The molecule has 1 N–H and O–H groups in total. The molecule has 0 radical (unpaired) electrons. The number of nitrogens with one attached hydrogen (secondary N) is 1. The van der Waals surface area contributed by atoms with Gasteiger partial charge in [0.1, 0.15) is 11.6 Å². The lowest BCUT2D eigenvalue weighted by atomic mass is 10.0. The highest BCUT2D eigenvalue weighted by molar-refractivity contribution is 5.76. The molecule has 2 rings (SSSR count). The molecule has 1 aliphatic rings. The van der Waals surface area contributed by atoms with Crippen LogP contribution < -0.4 is 5.32 Å². The van der Waals surface area contributed by atoms with Crippen LogP contribution in [-0.2, 0) is 4.79 Å². The maximum absolute atomic E-state index is 13.6. The molecule has 0 saturated carbocycles. The lowest BCUT2D eigenvalue weighted by molar-refractivity contribution is -0.132. The van der Waals surface area contributed by atoms with Crippen LogP contribution in [0.1, 0.15) is 31.4 Å². The van der Waals surface area contributed by atoms with Crippen LogP contribution in [0, 0.1) is 11.6 Å². The Kier molecular flexibility index (Phi) is 4.14. The zero-order valence-corrected chi connectivity index (χ0v) is 11.1. The topological polar surface area (TPSA) is 32.3 Å². The molecule has 0 spiro atoms. The van der Waals surface area contributed by atoms with Gasteiger partial charge in [0.15, 0.2) is 0 Å². The van der Waals surface area contributed by atoms with Gasteiger partial charge in [-0.05, 0) is 31.5 Å². The molecule has 1 aliphatic heterocycles. The van der Waals surface area contributed by atoms with Crippen molar-refractivity contribution in [2.24, 2.45) is 0 Å². The Balaban J connectivity index is 2.03. The third-order valence-corrected chi connectivity index (χ3v) is 3.54. The molecular weight excluding hydrogens is 250 g/mol. The van der Waals surface area contributed by atoms with E-state index in [-0.39, 0.29) is 18.0 Å². The van der Waals surface area contributed by atoms with Gasteiger partial charge in [-0.25, -0.2) is 8.78 Å². The molecule has 1 aromatic carbocycles. The van der Waals surface area contributed by atoms with Crippen molar-refractivity contribution in [1.82, 2.24) is 10.2 Å². The first-order valence-electron chi connectivity index (χ1n) is 6.42. The molecule has 0 bridgehead atoms. The maximum Gasteiger partial charge on any atom is 0.222 e. The van der Waals surface area contributed by atoms with E-state index in [9.17, 15) is 13.6 Å². The number of halogens is 2. The number of carbonyl (C=O) groups excluding carboxylic acids is 1. The first-order valence-corrected chi connectivity index (χ1v) is 6.42. The predicted octanol–water partition coefficient (Wildman–Crippen LogP) is 2.24. The molecule has 0 aromatic heterocycles. The maximum atomic E-state index is 13.6. The SMILES string of the molecule is CC(NC1CCC(=O)N(C)C1)c1cc(F)ccc1F. The third-order valence-electron chi connectivity index (χ3n) is 3.54. The molecule has 2 atom stereocenters. The third kappa shape index (κ3) is 3.29. The lowest BCUT2D eigenvalue weighted by Gasteiger charge is -2.32. The Morgan fingerprint density at radius 2 is 2.16 bits per heavy atom. The van der Waals surface area contributed by atoms with Crippen molar-refractivity contribution in [1.29, 1.82) is 0 Å². The van der Waals surface area contributed by atoms with Crippen molar-refractivity contribution in [2.45, 2.75) is 31.8 Å². The van der Waals surface area contributed by atoms with Gasteiger partial charge in [-0.15, -0.1) is 0 Å². The second-order valence-electron chi connectivity index (χ2n) is 5.06. The van der Waals surface area contributed by atoms with Crippen molar-refractivity contribution >= 4 is 5.91 Å². The van der Waals surface area contributed by atoms with Crippen LogP contribution >= 0.6 is 0 Å². The van der Waals surface area contributed by atoms with E-state index in [1.807, 2.05) is 0 Å². The number of carbonyl (C=O) groups is 1. The van der Waals surface area contributed by atoms with Gasteiger partial charge in [0.25, 0.3) is 0 Å². The number of likely N-dealkylation sites (tertiary alicyclic amines) is 1. The largest absolute Gasteiger partial charge is 0.344 e. The van der Waals surface area contributed by atoms with E-state index in [1.54, 1.807) is 18.9 Å². The molecule has 5 heteroatoms. The Bertz CT molecular complexity index is 479. The van der Waals surface area contributed by atoms with E-state index in [4.69, 9.17) is 0 Å². The highest BCUT2D eigenvalue weighted by atomic mass is 19.1. The van der Waals surface area contributed by atoms with E-state index in [1.165, 1.54) is 6.07 Å². The Morgan fingerprint density at radius 3 is 2.84 bits per heavy atom. The monoisotopic (exact) mass is 268 g/mol. The van der Waals surface area contributed by atoms with E-state index in [0.29, 0.717) is 18.5 Å². The number of benzene rings is 1. The number of amides is 1. The molecule has 1 fully saturated rings. The molecule has 1 heterocycles. The fraction of sp³-hybridized carbons (Fsp3) is 0.500. The van der Waals surface area contributed by atoms with Crippen LogP contribution in [0.5, 0.6) is 0 Å². The quantitative estimate of drug-likeness (QED) is 0.911. The van der Waals surface area contributed by atoms with Gasteiger partial charge < -0.3 is 10.2 Å². The van der Waals surface area contributed by atoms with Gasteiger partial charge in [-0.1, -0.05) is 0 Å². The number of rotatable bonds is 3. The Hall–Kier alpha value is -1.49. The minimum Gasteiger partial charge on any atom is -0.344 e. The number of likely N-dealkylation sites (N-methyl/N-ethyl adjacent to an activating group) is 1. The van der Waals surface area contributed by atoms with E-state index in [2.05, 4.69) is 5.32 Å². The second-order valence-corrected chi connectivity index (χ2v) is 5.06. The molecule has 2 unspecified atom stereocenters. The van der Waals surface area contributed by atoms with E-state index >= 15 is 0 Å². The summed E-state index contributed by atoms with van der Waals surface area (Å²) in [5, 5.41) is 3.25. The van der Waals surface area contributed by atoms with Gasteiger partial charge in [0.2, 0.25) is 5.91 Å². The summed E-state index contributed by atoms with van der Waals surface area (Å²) < 4.78 is 26.8. The van der Waals surface area contributed by atoms with Crippen molar-refractivity contribution in [2.75, 3.05) is 13.6 Å². The van der Waals surface area contributed by atoms with Crippen molar-refractivity contribution in [3.05, 3.63) is 35.4 Å². The van der Waals surface area contributed by atoms with Crippen LogP contribution in [0.3, 0.4) is 0 Å². The average molecular weight is 268 g/mol. The van der Waals surface area contributed by atoms with E-state index in [0.717, 1.165) is 18.6 Å². The van der Waals surface area contributed by atoms with Gasteiger partial charge in [0.05, 0.1) is 0 Å². The Morgan fingerprint density at radius 1 is 1.42 bits per heavy atom. The molecule has 3 nitrogen and oxygen atoms in total. The Labute approximate surface area is 111 Å². The zero-order valence-electron chi connectivity index (χ0n) is 11.1. The summed E-state index contributed by atoms with van der Waals surface area (Å²) in [6.45, 7) is 2.40. The molecular formula is C14H18F2N2O. The summed E-state index contributed by atoms with van der Waals surface area (Å²) in [7, 11) is 1.75. The summed E-state index contributed by atoms with van der Waals surface area (Å²) in [6.07, 6.45) is 1.22. The smallest absolute Gasteiger partial charge is 0.222 e. The predicted molar refractivity (Wildman–Crippen MR) is 68.6 cm³/mol. The van der Waals surface area contributed by atoms with Crippen molar-refractivity contribution in [3.8, 4) is 0 Å². The minimum absolute atomic E-state index is 0.111. The fourth-order valence-corrected chi connectivity index (χ4v) is 2.44. The van der Waals surface area contributed by atoms with Crippen LogP contribution in [-0.4, -0.2) is 30.4 Å². The van der Waals surface area contributed by atoms with Gasteiger partial charge in [-0.3, -0.25) is 4.79 Å². The average Bonchev–Trinajstić information content (AvgIpc) is 2.36. The summed E-state index contributed by atoms with van der Waals surface area (Å²) >= 11 is 0. The van der Waals surface area contributed by atoms with Crippen LogP contribution in [0.25, 0.3) is 0 Å². The summed E-state index contributed by atoms with van der Waals surface area (Å²) in [5.41, 5.74) is 0.319. The number of piperidine rings is 1. The normalized spacial score (nSPS) is 21.6. The van der Waals surface area contributed by atoms with Crippen molar-refractivity contribution < 1.29 is 13.6 Å². The lowest BCUT2D eigenvalue weighted by Crippen LogP contribution is -2.47. The summed E-state index contributed by atoms with van der Waals surface area (Å²) in [4.78, 5) is 13.0. The molecule has 104 valence electrons. The highest BCUT2D eigenvalue weighted by Crippen LogP contribution is 2.20. The standard InChI is InChI=1S/C14H18F2N2O/c1-9(12-7-10(15)3-5-13(12)16)17-11-4-6-14(19)18(2)8-11/h3,5,7,9,11,17H,4,6,8H2,1-2H3. The van der Waals surface area contributed by atoms with E-state index < -0.39 is 11.6 Å². The molecule has 0 aliphatic carbocycles. The summed E-state index contributed by atoms with van der Waals surface area (Å²) in [6, 6.07) is 3.28. The highest BCUT2D eigenvalue weighted by Gasteiger charge is 2.24. The number of nitrogens with zero attached hydrogens (tertiary/aromatic N) is 1. The van der Waals surface area contributed by atoms with Crippen molar-refractivity contribution in [3.63, 3.8) is 0 Å². The first-order chi connectivity index (χ1) is 8.97. The van der Waals surface area contributed by atoms with Crippen LogP contribution in [0.2, 0.25) is 0 Å². The van der Waals surface area contributed by atoms with Gasteiger partial charge in [-0.2, -0.15) is 0 Å². The number of hydrogen-bond acceptors (Lipinski definition) is 2. The molecule has 19 heavy (non-hydrogen) atoms. The number of hydrogen-bond donors (Lipinski definition) is 1. The molecule has 1 amide bonds. The zero-order chi connectivity index (χ0) is 14.0. The second kappa shape index (κ2) is 5.65. The van der Waals surface area contributed by atoms with Crippen LogP contribution in [0.4, 0.5) is 8.78 Å². The molecule has 1 saturated heterocycles.